The fraction of sp³-hybridized carbons (Fsp3) is 0.455. The van der Waals surface area contributed by atoms with Crippen molar-refractivity contribution in [2.45, 2.75) is 44.6 Å². The molecule has 0 N–H and O–H groups in total. The van der Waals surface area contributed by atoms with Gasteiger partial charge in [-0.25, -0.2) is 9.97 Å². The quantitative estimate of drug-likeness (QED) is 0.618. The molecule has 0 spiro atoms. The molecule has 1 atom stereocenters. The van der Waals surface area contributed by atoms with E-state index in [1.54, 1.807) is 17.7 Å². The molecule has 0 amide bonds. The average molecular weight is 408 g/mol. The number of Topliss-reactive ketones (excluding diaryl/α,β-unsaturated/α-hetero) is 1. The minimum atomic E-state index is -0.0672. The summed E-state index contributed by atoms with van der Waals surface area (Å²) in [5.41, 5.74) is 1.97. The number of ketones is 1. The van der Waals surface area contributed by atoms with Gasteiger partial charge in [0, 0.05) is 26.1 Å². The number of anilines is 2. The molecule has 0 saturated carbocycles. The first kappa shape index (κ1) is 18.5. The predicted octanol–water partition coefficient (Wildman–Crippen LogP) is 3.86. The molecule has 3 aromatic rings. The molecule has 2 aromatic heterocycles. The van der Waals surface area contributed by atoms with Crippen molar-refractivity contribution in [1.29, 1.82) is 0 Å². The van der Waals surface area contributed by atoms with Gasteiger partial charge in [-0.3, -0.25) is 4.79 Å². The van der Waals surface area contributed by atoms with E-state index in [0.717, 1.165) is 60.2 Å². The number of carbonyl (C=O) groups is 1. The van der Waals surface area contributed by atoms with Gasteiger partial charge in [0.15, 0.2) is 22.4 Å². The highest BCUT2D eigenvalue weighted by Crippen LogP contribution is 2.37. The third-order valence-corrected chi connectivity index (χ3v) is 7.02. The number of rotatable bonds is 6. The van der Waals surface area contributed by atoms with Crippen molar-refractivity contribution in [3.63, 3.8) is 0 Å². The summed E-state index contributed by atoms with van der Waals surface area (Å²) in [5.74, 6) is 1.32. The van der Waals surface area contributed by atoms with Crippen LogP contribution < -0.4 is 9.80 Å². The highest BCUT2D eigenvalue weighted by molar-refractivity contribution is 7.22. The van der Waals surface area contributed by atoms with Crippen LogP contribution in [0.5, 0.6) is 0 Å². The van der Waals surface area contributed by atoms with Gasteiger partial charge in [-0.2, -0.15) is 4.98 Å². The monoisotopic (exact) mass is 407 g/mol. The molecule has 0 radical (unpaired) electrons. The summed E-state index contributed by atoms with van der Waals surface area (Å²) in [6.45, 7) is 2.97. The van der Waals surface area contributed by atoms with E-state index >= 15 is 0 Å². The number of thiazole rings is 1. The van der Waals surface area contributed by atoms with Crippen LogP contribution in [0.2, 0.25) is 0 Å². The van der Waals surface area contributed by atoms with Crippen molar-refractivity contribution in [1.82, 2.24) is 15.0 Å². The van der Waals surface area contributed by atoms with Crippen LogP contribution in [0.25, 0.3) is 10.3 Å². The Morgan fingerprint density at radius 1 is 1.07 bits per heavy atom. The molecular formula is C22H25N5OS. The standard InChI is InChI=1S/C22H25N5OS/c28-18(11-10-16-7-2-1-3-8-16)17-9-6-14-27(17)22-25-20-19(29-22)21(24-15-23-20)26-12-4-5-13-26/h1-3,7-8,15,17H,4-6,9-14H2/t17-/m1/s1. The predicted molar refractivity (Wildman–Crippen MR) is 117 cm³/mol. The normalized spacial score (nSPS) is 19.4. The molecule has 0 unspecified atom stereocenters. The number of hydrogen-bond donors (Lipinski definition) is 0. The Balaban J connectivity index is 1.36. The topological polar surface area (TPSA) is 62.2 Å². The molecule has 29 heavy (non-hydrogen) atoms. The Kier molecular flexibility index (Phi) is 5.14. The summed E-state index contributed by atoms with van der Waals surface area (Å²) >= 11 is 1.64. The lowest BCUT2D eigenvalue weighted by Gasteiger charge is -2.22. The zero-order valence-corrected chi connectivity index (χ0v) is 17.3. The van der Waals surface area contributed by atoms with Crippen LogP contribution in [0.4, 0.5) is 10.9 Å². The highest BCUT2D eigenvalue weighted by atomic mass is 32.1. The zero-order valence-electron chi connectivity index (χ0n) is 16.5. The Bertz CT molecular complexity index is 999. The van der Waals surface area contributed by atoms with Gasteiger partial charge in [0.2, 0.25) is 0 Å². The van der Waals surface area contributed by atoms with E-state index < -0.39 is 0 Å². The molecule has 1 aromatic carbocycles. The van der Waals surface area contributed by atoms with Crippen LogP contribution in [0.15, 0.2) is 36.7 Å². The molecule has 0 aliphatic carbocycles. The van der Waals surface area contributed by atoms with Crippen molar-refractivity contribution in [3.05, 3.63) is 42.2 Å². The molecule has 2 saturated heterocycles. The third-order valence-electron chi connectivity index (χ3n) is 5.94. The summed E-state index contributed by atoms with van der Waals surface area (Å²) in [7, 11) is 0. The second-order valence-corrected chi connectivity index (χ2v) is 8.82. The molecule has 7 heteroatoms. The summed E-state index contributed by atoms with van der Waals surface area (Å²) in [4.78, 5) is 31.3. The Labute approximate surface area is 174 Å². The lowest BCUT2D eigenvalue weighted by atomic mass is 10.0. The van der Waals surface area contributed by atoms with Crippen molar-refractivity contribution < 1.29 is 4.79 Å². The van der Waals surface area contributed by atoms with E-state index in [9.17, 15) is 4.79 Å². The van der Waals surface area contributed by atoms with Crippen molar-refractivity contribution in [2.24, 2.45) is 0 Å². The number of aryl methyl sites for hydroxylation is 1. The first-order chi connectivity index (χ1) is 14.3. The van der Waals surface area contributed by atoms with E-state index in [1.165, 1.54) is 18.4 Å². The number of carbonyl (C=O) groups excluding carboxylic acids is 1. The Morgan fingerprint density at radius 3 is 2.72 bits per heavy atom. The first-order valence-corrected chi connectivity index (χ1v) is 11.3. The summed E-state index contributed by atoms with van der Waals surface area (Å²) in [5, 5.41) is 0.913. The van der Waals surface area contributed by atoms with Crippen molar-refractivity contribution >= 4 is 38.4 Å². The third kappa shape index (κ3) is 3.71. The van der Waals surface area contributed by atoms with Crippen LogP contribution in [0.3, 0.4) is 0 Å². The molecule has 4 heterocycles. The van der Waals surface area contributed by atoms with E-state index in [0.29, 0.717) is 12.2 Å². The molecular weight excluding hydrogens is 382 g/mol. The van der Waals surface area contributed by atoms with Gasteiger partial charge in [-0.1, -0.05) is 41.7 Å². The SMILES string of the molecule is O=C(CCc1ccccc1)[C@H]1CCCN1c1nc2ncnc(N3CCCC3)c2s1. The fourth-order valence-corrected chi connectivity index (χ4v) is 5.53. The van der Waals surface area contributed by atoms with Crippen molar-refractivity contribution in [2.75, 3.05) is 29.4 Å². The van der Waals surface area contributed by atoms with E-state index in [1.807, 2.05) is 18.2 Å². The second-order valence-electron chi connectivity index (χ2n) is 7.84. The Morgan fingerprint density at radius 2 is 1.90 bits per heavy atom. The average Bonchev–Trinajstić information content (AvgIpc) is 3.52. The smallest absolute Gasteiger partial charge is 0.188 e. The van der Waals surface area contributed by atoms with E-state index in [-0.39, 0.29) is 6.04 Å². The number of hydrogen-bond acceptors (Lipinski definition) is 7. The number of fused-ring (bicyclic) bond motifs is 1. The minimum absolute atomic E-state index is 0.0672. The highest BCUT2D eigenvalue weighted by Gasteiger charge is 2.33. The Hall–Kier alpha value is -2.54. The lowest BCUT2D eigenvalue weighted by molar-refractivity contribution is -0.120. The van der Waals surface area contributed by atoms with E-state index in [2.05, 4.69) is 31.9 Å². The maximum atomic E-state index is 13.0. The number of aromatic nitrogens is 3. The number of benzene rings is 1. The zero-order chi connectivity index (χ0) is 19.6. The lowest BCUT2D eigenvalue weighted by Crippen LogP contribution is -2.36. The van der Waals surface area contributed by atoms with Gasteiger partial charge in [-0.05, 0) is 37.7 Å². The summed E-state index contributed by atoms with van der Waals surface area (Å²) < 4.78 is 1.05. The number of nitrogens with zero attached hydrogens (tertiary/aromatic N) is 5. The molecule has 5 rings (SSSR count). The summed E-state index contributed by atoms with van der Waals surface area (Å²) in [6.07, 6.45) is 7.36. The van der Waals surface area contributed by atoms with Crippen LogP contribution in [-0.2, 0) is 11.2 Å². The minimum Gasteiger partial charge on any atom is -0.355 e. The van der Waals surface area contributed by atoms with Gasteiger partial charge in [0.05, 0.1) is 6.04 Å². The van der Waals surface area contributed by atoms with Gasteiger partial charge in [0.25, 0.3) is 0 Å². The van der Waals surface area contributed by atoms with Gasteiger partial charge < -0.3 is 9.80 Å². The molecule has 2 aliphatic heterocycles. The van der Waals surface area contributed by atoms with Crippen LogP contribution >= 0.6 is 11.3 Å². The van der Waals surface area contributed by atoms with Crippen LogP contribution in [0, 0.1) is 0 Å². The molecule has 6 nitrogen and oxygen atoms in total. The molecule has 2 fully saturated rings. The first-order valence-electron chi connectivity index (χ1n) is 10.5. The fourth-order valence-electron chi connectivity index (χ4n) is 4.42. The molecule has 150 valence electrons. The summed E-state index contributed by atoms with van der Waals surface area (Å²) in [6, 6.07) is 10.2. The molecule has 2 aliphatic rings. The van der Waals surface area contributed by atoms with Crippen LogP contribution in [0.1, 0.15) is 37.7 Å². The van der Waals surface area contributed by atoms with E-state index in [4.69, 9.17) is 4.98 Å². The second kappa shape index (κ2) is 8.06. The maximum Gasteiger partial charge on any atom is 0.188 e. The van der Waals surface area contributed by atoms with Gasteiger partial charge in [-0.15, -0.1) is 0 Å². The van der Waals surface area contributed by atoms with Crippen LogP contribution in [-0.4, -0.2) is 46.4 Å². The maximum absolute atomic E-state index is 13.0. The van der Waals surface area contributed by atoms with Crippen molar-refractivity contribution in [3.8, 4) is 0 Å². The molecule has 0 bridgehead atoms. The van der Waals surface area contributed by atoms with Gasteiger partial charge >= 0.3 is 0 Å². The largest absolute Gasteiger partial charge is 0.355 e. The van der Waals surface area contributed by atoms with Gasteiger partial charge in [0.1, 0.15) is 11.0 Å².